The highest BCUT2D eigenvalue weighted by Crippen LogP contribution is 2.28. The lowest BCUT2D eigenvalue weighted by atomic mass is 10.4. The highest BCUT2D eigenvalue weighted by Gasteiger charge is 2.38. The van der Waals surface area contributed by atoms with E-state index in [9.17, 15) is 22.8 Å². The largest absolute Gasteiger partial charge is 0.451 e. The molecule has 0 aliphatic heterocycles. The Morgan fingerprint density at radius 2 is 2.11 bits per heavy atom. The molecule has 1 N–H and O–H groups in total. The summed E-state index contributed by atoms with van der Waals surface area (Å²) in [7, 11) is 1.01. The second-order valence-electron chi connectivity index (χ2n) is 4.45. The van der Waals surface area contributed by atoms with Crippen LogP contribution in [0.15, 0.2) is 4.79 Å². The molecule has 0 bridgehead atoms. The molecule has 0 unspecified atom stereocenters. The maximum absolute atomic E-state index is 12.5. The standard InChI is InChI=1S/C10H13F3N4O2/c1-16-8(10(11,12)13)15-17(9(16)19)5-4-14-7(18)6-2-3-6/h6H,2-5H2,1H3,(H,14,18). The summed E-state index contributed by atoms with van der Waals surface area (Å²) >= 11 is 0. The second kappa shape index (κ2) is 4.71. The van der Waals surface area contributed by atoms with Gasteiger partial charge in [0, 0.05) is 19.5 Å². The third-order valence-electron chi connectivity index (χ3n) is 2.87. The second-order valence-corrected chi connectivity index (χ2v) is 4.45. The minimum atomic E-state index is -4.67. The van der Waals surface area contributed by atoms with E-state index in [1.54, 1.807) is 0 Å². The lowest BCUT2D eigenvalue weighted by Gasteiger charge is -2.03. The molecule has 1 aromatic rings. The van der Waals surface area contributed by atoms with Crippen LogP contribution in [0.1, 0.15) is 18.7 Å². The van der Waals surface area contributed by atoms with Crippen LogP contribution in [0.5, 0.6) is 0 Å². The van der Waals surface area contributed by atoms with Crippen LogP contribution < -0.4 is 11.0 Å². The van der Waals surface area contributed by atoms with Crippen LogP contribution in [0, 0.1) is 5.92 Å². The molecule has 0 spiro atoms. The number of rotatable bonds is 4. The van der Waals surface area contributed by atoms with Crippen molar-refractivity contribution >= 4 is 5.91 Å². The normalized spacial score (nSPS) is 15.6. The molecule has 1 fully saturated rings. The summed E-state index contributed by atoms with van der Waals surface area (Å²) in [6, 6.07) is 0. The van der Waals surface area contributed by atoms with Crippen molar-refractivity contribution in [2.75, 3.05) is 6.54 Å². The van der Waals surface area contributed by atoms with Crippen LogP contribution in [0.4, 0.5) is 13.2 Å². The van der Waals surface area contributed by atoms with Crippen molar-refractivity contribution in [3.05, 3.63) is 16.3 Å². The van der Waals surface area contributed by atoms with Gasteiger partial charge in [-0.25, -0.2) is 9.48 Å². The fourth-order valence-electron chi connectivity index (χ4n) is 1.66. The molecule has 1 heterocycles. The Kier molecular flexibility index (Phi) is 3.38. The Balaban J connectivity index is 2.00. The lowest BCUT2D eigenvalue weighted by molar-refractivity contribution is -0.147. The summed E-state index contributed by atoms with van der Waals surface area (Å²) in [6.07, 6.45) is -2.99. The quantitative estimate of drug-likeness (QED) is 0.851. The van der Waals surface area contributed by atoms with E-state index in [0.29, 0.717) is 9.25 Å². The fraction of sp³-hybridized carbons (Fsp3) is 0.700. The highest BCUT2D eigenvalue weighted by molar-refractivity contribution is 5.80. The zero-order valence-electron chi connectivity index (χ0n) is 10.2. The van der Waals surface area contributed by atoms with Crippen molar-refractivity contribution in [1.82, 2.24) is 19.7 Å². The van der Waals surface area contributed by atoms with Crippen molar-refractivity contribution in [3.63, 3.8) is 0 Å². The summed E-state index contributed by atoms with van der Waals surface area (Å²) in [6.45, 7) is 0.00473. The first-order valence-electron chi connectivity index (χ1n) is 5.79. The molecule has 1 saturated carbocycles. The molecular weight excluding hydrogens is 265 g/mol. The molecule has 0 atom stereocenters. The summed E-state index contributed by atoms with van der Waals surface area (Å²) in [5.74, 6) is -1.35. The molecular formula is C10H13F3N4O2. The van der Waals surface area contributed by atoms with Gasteiger partial charge >= 0.3 is 11.9 Å². The third kappa shape index (κ3) is 2.96. The topological polar surface area (TPSA) is 68.9 Å². The molecule has 2 rings (SSSR count). The van der Waals surface area contributed by atoms with Gasteiger partial charge in [-0.15, -0.1) is 5.10 Å². The monoisotopic (exact) mass is 278 g/mol. The summed E-state index contributed by atoms with van der Waals surface area (Å²) in [5, 5.41) is 5.79. The SMILES string of the molecule is Cn1c(C(F)(F)F)nn(CCNC(=O)C2CC2)c1=O. The number of hydrogen-bond acceptors (Lipinski definition) is 3. The van der Waals surface area contributed by atoms with Crippen LogP contribution in [0.25, 0.3) is 0 Å². The molecule has 19 heavy (non-hydrogen) atoms. The number of alkyl halides is 3. The first-order chi connectivity index (χ1) is 8.80. The zero-order valence-corrected chi connectivity index (χ0v) is 10.2. The van der Waals surface area contributed by atoms with Crippen molar-refractivity contribution in [2.45, 2.75) is 25.6 Å². The van der Waals surface area contributed by atoms with Gasteiger partial charge in [0.1, 0.15) is 0 Å². The lowest BCUT2D eigenvalue weighted by Crippen LogP contribution is -2.32. The van der Waals surface area contributed by atoms with Gasteiger partial charge in [-0.1, -0.05) is 0 Å². The zero-order chi connectivity index (χ0) is 14.2. The third-order valence-corrected chi connectivity index (χ3v) is 2.87. The minimum Gasteiger partial charge on any atom is -0.354 e. The van der Waals surface area contributed by atoms with E-state index in [2.05, 4.69) is 10.4 Å². The van der Waals surface area contributed by atoms with Gasteiger partial charge in [-0.2, -0.15) is 13.2 Å². The molecule has 106 valence electrons. The van der Waals surface area contributed by atoms with Crippen LogP contribution >= 0.6 is 0 Å². The van der Waals surface area contributed by atoms with Crippen LogP contribution in [-0.4, -0.2) is 26.8 Å². The van der Waals surface area contributed by atoms with Crippen LogP contribution in [0.3, 0.4) is 0 Å². The highest BCUT2D eigenvalue weighted by atomic mass is 19.4. The van der Waals surface area contributed by atoms with Gasteiger partial charge in [0.25, 0.3) is 0 Å². The molecule has 0 radical (unpaired) electrons. The average Bonchev–Trinajstić information content (AvgIpc) is 3.10. The van der Waals surface area contributed by atoms with Gasteiger partial charge in [-0.3, -0.25) is 9.36 Å². The van der Waals surface area contributed by atoms with Crippen LogP contribution in [0.2, 0.25) is 0 Å². The molecule has 1 amide bonds. The van der Waals surface area contributed by atoms with Gasteiger partial charge in [0.15, 0.2) is 0 Å². The van der Waals surface area contributed by atoms with Gasteiger partial charge in [0.05, 0.1) is 6.54 Å². The maximum Gasteiger partial charge on any atom is 0.451 e. The van der Waals surface area contributed by atoms with E-state index >= 15 is 0 Å². The van der Waals surface area contributed by atoms with E-state index in [4.69, 9.17) is 0 Å². The molecule has 0 saturated heterocycles. The molecule has 1 aliphatic rings. The predicted molar refractivity (Wildman–Crippen MR) is 58.2 cm³/mol. The maximum atomic E-state index is 12.5. The van der Waals surface area contributed by atoms with E-state index < -0.39 is 17.7 Å². The fourth-order valence-corrected chi connectivity index (χ4v) is 1.66. The van der Waals surface area contributed by atoms with Crippen LogP contribution in [-0.2, 0) is 24.6 Å². The molecule has 0 aromatic carbocycles. The smallest absolute Gasteiger partial charge is 0.354 e. The van der Waals surface area contributed by atoms with Crippen molar-refractivity contribution in [3.8, 4) is 0 Å². The number of halogens is 3. The Labute approximate surface area is 106 Å². The number of amides is 1. The summed E-state index contributed by atoms with van der Waals surface area (Å²) in [4.78, 5) is 22.8. The Hall–Kier alpha value is -1.80. The molecule has 1 aliphatic carbocycles. The summed E-state index contributed by atoms with van der Waals surface area (Å²) in [5.41, 5.74) is -0.854. The first kappa shape index (κ1) is 13.6. The minimum absolute atomic E-state index is 0.0196. The molecule has 6 nitrogen and oxygen atoms in total. The van der Waals surface area contributed by atoms with Crippen molar-refractivity contribution in [1.29, 1.82) is 0 Å². The number of hydrogen-bond donors (Lipinski definition) is 1. The molecule has 9 heteroatoms. The number of aromatic nitrogens is 3. The molecule has 1 aromatic heterocycles. The number of nitrogens with zero attached hydrogens (tertiary/aromatic N) is 3. The summed E-state index contributed by atoms with van der Waals surface area (Å²) < 4.78 is 38.7. The van der Waals surface area contributed by atoms with E-state index in [1.165, 1.54) is 0 Å². The average molecular weight is 278 g/mol. The Morgan fingerprint density at radius 3 is 2.58 bits per heavy atom. The number of carbonyl (C=O) groups excluding carboxylic acids is 1. The van der Waals surface area contributed by atoms with E-state index in [0.717, 1.165) is 19.9 Å². The Morgan fingerprint density at radius 1 is 1.47 bits per heavy atom. The van der Waals surface area contributed by atoms with Crippen molar-refractivity contribution < 1.29 is 18.0 Å². The van der Waals surface area contributed by atoms with Gasteiger partial charge in [-0.05, 0) is 12.8 Å². The Bertz CT molecular complexity index is 542. The van der Waals surface area contributed by atoms with Gasteiger partial charge < -0.3 is 5.32 Å². The predicted octanol–water partition coefficient (Wildman–Crippen LogP) is 0.127. The van der Waals surface area contributed by atoms with Crippen molar-refractivity contribution in [2.24, 2.45) is 13.0 Å². The van der Waals surface area contributed by atoms with E-state index in [1.807, 2.05) is 0 Å². The van der Waals surface area contributed by atoms with Gasteiger partial charge in [0.2, 0.25) is 11.7 Å². The first-order valence-corrected chi connectivity index (χ1v) is 5.79. The van der Waals surface area contributed by atoms with E-state index in [-0.39, 0.29) is 24.9 Å². The number of nitrogens with one attached hydrogen (secondary N) is 1. The number of carbonyl (C=O) groups is 1.